The lowest BCUT2D eigenvalue weighted by Gasteiger charge is -2.21. The van der Waals surface area contributed by atoms with E-state index in [0.29, 0.717) is 0 Å². The van der Waals surface area contributed by atoms with Gasteiger partial charge in [-0.15, -0.1) is 0 Å². The van der Waals surface area contributed by atoms with Crippen LogP contribution >= 0.6 is 7.92 Å². The van der Waals surface area contributed by atoms with Crippen LogP contribution < -0.4 is 5.30 Å². The minimum atomic E-state index is 0.0201. The van der Waals surface area contributed by atoms with Crippen LogP contribution in [-0.4, -0.2) is 6.16 Å². The molecule has 2 unspecified atom stereocenters. The van der Waals surface area contributed by atoms with Gasteiger partial charge in [0.15, 0.2) is 0 Å². The SMILES string of the molecule is CCCCCCCC.c1ccc(C2CCCP2c2ccccc2)cc1. The second-order valence-electron chi connectivity index (χ2n) is 7.01. The normalized spacial score (nSPS) is 19.3. The fourth-order valence-corrected chi connectivity index (χ4v) is 6.60. The third kappa shape index (κ3) is 6.95. The van der Waals surface area contributed by atoms with Gasteiger partial charge >= 0.3 is 0 Å². The zero-order valence-electron chi connectivity index (χ0n) is 16.2. The quantitative estimate of drug-likeness (QED) is 0.353. The zero-order chi connectivity index (χ0) is 17.7. The molecule has 0 aromatic heterocycles. The molecule has 0 aliphatic carbocycles. The van der Waals surface area contributed by atoms with Crippen molar-refractivity contribution in [1.82, 2.24) is 0 Å². The van der Waals surface area contributed by atoms with E-state index < -0.39 is 0 Å². The summed E-state index contributed by atoms with van der Waals surface area (Å²) in [6.07, 6.45) is 12.6. The van der Waals surface area contributed by atoms with Crippen LogP contribution in [0.1, 0.15) is 76.4 Å². The zero-order valence-corrected chi connectivity index (χ0v) is 17.1. The largest absolute Gasteiger partial charge is 0.0677 e. The predicted molar refractivity (Wildman–Crippen MR) is 115 cm³/mol. The Labute approximate surface area is 156 Å². The second kappa shape index (κ2) is 12.3. The first-order valence-corrected chi connectivity index (χ1v) is 11.8. The van der Waals surface area contributed by atoms with E-state index >= 15 is 0 Å². The molecular formula is C24H35P. The smallest absolute Gasteiger partial charge is 0.00820 e. The molecule has 2 aromatic rings. The van der Waals surface area contributed by atoms with E-state index in [1.54, 1.807) is 10.9 Å². The van der Waals surface area contributed by atoms with Gasteiger partial charge in [-0.2, -0.15) is 0 Å². The molecule has 1 aliphatic rings. The summed E-state index contributed by atoms with van der Waals surface area (Å²) in [5.74, 6) is 0. The fourth-order valence-electron chi connectivity index (χ4n) is 3.57. The lowest BCUT2D eigenvalue weighted by Crippen LogP contribution is -2.04. The van der Waals surface area contributed by atoms with Crippen molar-refractivity contribution in [3.63, 3.8) is 0 Å². The van der Waals surface area contributed by atoms with Gasteiger partial charge in [-0.3, -0.25) is 0 Å². The van der Waals surface area contributed by atoms with Gasteiger partial charge in [0, 0.05) is 5.66 Å². The van der Waals surface area contributed by atoms with E-state index in [9.17, 15) is 0 Å². The van der Waals surface area contributed by atoms with Crippen molar-refractivity contribution in [3.05, 3.63) is 66.2 Å². The van der Waals surface area contributed by atoms with Crippen molar-refractivity contribution >= 4 is 13.2 Å². The maximum atomic E-state index is 2.31. The average molecular weight is 355 g/mol. The molecule has 0 saturated carbocycles. The molecule has 0 spiro atoms. The Morgan fingerprint density at radius 2 is 1.32 bits per heavy atom. The average Bonchev–Trinajstić information content (AvgIpc) is 3.17. The van der Waals surface area contributed by atoms with E-state index in [-0.39, 0.29) is 7.92 Å². The van der Waals surface area contributed by atoms with E-state index in [1.165, 1.54) is 57.5 Å². The van der Waals surface area contributed by atoms with Gasteiger partial charge in [-0.25, -0.2) is 0 Å². The summed E-state index contributed by atoms with van der Waals surface area (Å²) in [7, 11) is 0.0201. The molecule has 0 radical (unpaired) electrons. The van der Waals surface area contributed by atoms with Crippen molar-refractivity contribution in [2.45, 2.75) is 70.9 Å². The van der Waals surface area contributed by atoms with Crippen LogP contribution in [0.3, 0.4) is 0 Å². The highest BCUT2D eigenvalue weighted by Gasteiger charge is 2.28. The van der Waals surface area contributed by atoms with Gasteiger partial charge in [0.05, 0.1) is 0 Å². The molecule has 0 N–H and O–H groups in total. The summed E-state index contributed by atoms with van der Waals surface area (Å²) in [6.45, 7) is 4.51. The first-order chi connectivity index (χ1) is 12.4. The van der Waals surface area contributed by atoms with Gasteiger partial charge in [0.1, 0.15) is 0 Å². The number of hydrogen-bond acceptors (Lipinski definition) is 0. The number of hydrogen-bond donors (Lipinski definition) is 0. The van der Waals surface area contributed by atoms with Gasteiger partial charge in [-0.05, 0) is 29.9 Å². The Bertz CT molecular complexity index is 497. The lowest BCUT2D eigenvalue weighted by molar-refractivity contribution is 0.624. The molecule has 1 heterocycles. The highest BCUT2D eigenvalue weighted by molar-refractivity contribution is 7.66. The standard InChI is InChI=1S/C16H17P.C8H18/c1-3-8-14(9-4-1)16-12-7-13-17(16)15-10-5-2-6-11-15;1-3-5-7-8-6-4-2/h1-6,8-11,16H,7,12-13H2;3-8H2,1-2H3. The van der Waals surface area contributed by atoms with Crippen molar-refractivity contribution in [2.24, 2.45) is 0 Å². The van der Waals surface area contributed by atoms with Crippen LogP contribution in [0.15, 0.2) is 60.7 Å². The Morgan fingerprint density at radius 3 is 1.88 bits per heavy atom. The maximum absolute atomic E-state index is 2.31. The summed E-state index contributed by atoms with van der Waals surface area (Å²) < 4.78 is 0. The maximum Gasteiger partial charge on any atom is 0.00820 e. The Morgan fingerprint density at radius 1 is 0.760 bits per heavy atom. The van der Waals surface area contributed by atoms with Gasteiger partial charge in [0.25, 0.3) is 0 Å². The number of rotatable bonds is 7. The van der Waals surface area contributed by atoms with Crippen molar-refractivity contribution in [2.75, 3.05) is 6.16 Å². The lowest BCUT2D eigenvalue weighted by atomic mass is 10.1. The summed E-state index contributed by atoms with van der Waals surface area (Å²) >= 11 is 0. The molecule has 3 rings (SSSR count). The molecule has 1 aliphatic heterocycles. The summed E-state index contributed by atoms with van der Waals surface area (Å²) in [4.78, 5) is 0. The third-order valence-electron chi connectivity index (χ3n) is 4.98. The minimum absolute atomic E-state index is 0.0201. The van der Waals surface area contributed by atoms with Crippen LogP contribution in [-0.2, 0) is 0 Å². The van der Waals surface area contributed by atoms with Crippen molar-refractivity contribution in [1.29, 1.82) is 0 Å². The second-order valence-corrected chi connectivity index (χ2v) is 9.54. The molecule has 2 atom stereocenters. The molecule has 1 saturated heterocycles. The Kier molecular flexibility index (Phi) is 9.90. The van der Waals surface area contributed by atoms with E-state index in [1.807, 2.05) is 0 Å². The fraction of sp³-hybridized carbons (Fsp3) is 0.500. The highest BCUT2D eigenvalue weighted by Crippen LogP contribution is 2.58. The Balaban J connectivity index is 0.000000242. The van der Waals surface area contributed by atoms with E-state index in [2.05, 4.69) is 74.5 Å². The predicted octanol–water partition coefficient (Wildman–Crippen LogP) is 7.70. The minimum Gasteiger partial charge on any atom is -0.0677 e. The monoisotopic (exact) mass is 354 g/mol. The topological polar surface area (TPSA) is 0 Å². The van der Waals surface area contributed by atoms with E-state index in [4.69, 9.17) is 0 Å². The van der Waals surface area contributed by atoms with Gasteiger partial charge in [-0.1, -0.05) is 121 Å². The number of unbranched alkanes of at least 4 members (excludes halogenated alkanes) is 5. The van der Waals surface area contributed by atoms with Crippen molar-refractivity contribution in [3.8, 4) is 0 Å². The molecule has 0 bridgehead atoms. The molecule has 0 amide bonds. The van der Waals surface area contributed by atoms with E-state index in [0.717, 1.165) is 5.66 Å². The summed E-state index contributed by atoms with van der Waals surface area (Å²) in [5.41, 5.74) is 2.33. The molecule has 0 nitrogen and oxygen atoms in total. The molecule has 1 fully saturated rings. The van der Waals surface area contributed by atoms with Crippen LogP contribution in [0.2, 0.25) is 0 Å². The van der Waals surface area contributed by atoms with Crippen LogP contribution in [0, 0.1) is 0 Å². The van der Waals surface area contributed by atoms with Crippen LogP contribution in [0.25, 0.3) is 0 Å². The molecule has 2 aromatic carbocycles. The first kappa shape index (κ1) is 20.2. The van der Waals surface area contributed by atoms with Gasteiger partial charge < -0.3 is 0 Å². The molecule has 136 valence electrons. The van der Waals surface area contributed by atoms with Crippen molar-refractivity contribution < 1.29 is 0 Å². The first-order valence-electron chi connectivity index (χ1n) is 10.2. The molecule has 25 heavy (non-hydrogen) atoms. The summed E-state index contributed by atoms with van der Waals surface area (Å²) in [5, 5.41) is 1.58. The van der Waals surface area contributed by atoms with Crippen LogP contribution in [0.4, 0.5) is 0 Å². The molecule has 1 heteroatoms. The highest BCUT2D eigenvalue weighted by atomic mass is 31.1. The van der Waals surface area contributed by atoms with Crippen LogP contribution in [0.5, 0.6) is 0 Å². The Hall–Kier alpha value is -1.13. The summed E-state index contributed by atoms with van der Waals surface area (Å²) in [6, 6.07) is 22.2. The number of benzene rings is 2. The molecular weight excluding hydrogens is 319 g/mol. The third-order valence-corrected chi connectivity index (χ3v) is 8.05. The van der Waals surface area contributed by atoms with Gasteiger partial charge in [0.2, 0.25) is 0 Å².